The summed E-state index contributed by atoms with van der Waals surface area (Å²) in [5.41, 5.74) is 6.49. The maximum absolute atomic E-state index is 13.1. The van der Waals surface area contributed by atoms with E-state index in [4.69, 9.17) is 9.84 Å². The molecule has 0 saturated carbocycles. The van der Waals surface area contributed by atoms with E-state index < -0.39 is 32.0 Å². The van der Waals surface area contributed by atoms with E-state index in [1.165, 1.54) is 40.0 Å². The van der Waals surface area contributed by atoms with Crippen molar-refractivity contribution in [1.82, 2.24) is 0 Å². The quantitative estimate of drug-likeness (QED) is 0.108. The highest BCUT2D eigenvalue weighted by atomic mass is 32.2. The molecule has 14 heteroatoms. The second-order valence-electron chi connectivity index (χ2n) is 14.6. The fourth-order valence-corrected chi connectivity index (χ4v) is 10.2. The summed E-state index contributed by atoms with van der Waals surface area (Å²) in [4.78, 5) is 49.2. The lowest BCUT2D eigenvalue weighted by atomic mass is 9.99. The second-order valence-corrected chi connectivity index (χ2v) is 18.3. The number of anilines is 2. The molecule has 0 radical (unpaired) electrons. The van der Waals surface area contributed by atoms with Crippen LogP contribution in [0.5, 0.6) is 0 Å². The first kappa shape index (κ1) is 42.2. The number of ketones is 2. The molecule has 310 valence electrons. The van der Waals surface area contributed by atoms with Crippen molar-refractivity contribution in [3.05, 3.63) is 189 Å². The number of hydrogen-bond acceptors (Lipinski definition) is 9. The number of carboxylic acid groups (broad SMARTS) is 1. The van der Waals surface area contributed by atoms with Crippen molar-refractivity contribution in [2.75, 3.05) is 28.8 Å². The predicted molar refractivity (Wildman–Crippen MR) is 230 cm³/mol. The number of carbonyl (C=O) groups is 4. The van der Waals surface area contributed by atoms with Gasteiger partial charge in [-0.05, 0) is 123 Å². The number of nitrogens with zero attached hydrogens (tertiary/aromatic N) is 2. The van der Waals surface area contributed by atoms with Crippen molar-refractivity contribution in [2.24, 2.45) is 0 Å². The average molecular weight is 857 g/mol. The Labute approximate surface area is 353 Å². The van der Waals surface area contributed by atoms with E-state index >= 15 is 0 Å². The maximum atomic E-state index is 13.1. The van der Waals surface area contributed by atoms with Gasteiger partial charge in [-0.2, -0.15) is 0 Å². The van der Waals surface area contributed by atoms with E-state index in [-0.39, 0.29) is 32.5 Å². The zero-order valence-electron chi connectivity index (χ0n) is 33.4. The van der Waals surface area contributed by atoms with E-state index in [9.17, 15) is 36.0 Å². The van der Waals surface area contributed by atoms with Crippen LogP contribution >= 0.6 is 0 Å². The van der Waals surface area contributed by atoms with E-state index in [0.29, 0.717) is 59.6 Å². The minimum atomic E-state index is -3.69. The molecular formula is C47H40N2O10S2. The molecule has 0 saturated heterocycles. The maximum Gasteiger partial charge on any atom is 0.337 e. The molecule has 0 bridgehead atoms. The number of methoxy groups -OCH3 is 1. The first-order valence-electron chi connectivity index (χ1n) is 19.1. The summed E-state index contributed by atoms with van der Waals surface area (Å²) in [6.45, 7) is 4.42. The number of hydrogen-bond donors (Lipinski definition) is 1. The Morgan fingerprint density at radius 3 is 1.30 bits per heavy atom. The summed E-state index contributed by atoms with van der Waals surface area (Å²) in [6.07, 6.45) is 1.01. The molecule has 0 fully saturated rings. The fraction of sp³-hybridized carbons (Fsp3) is 0.149. The Kier molecular flexibility index (Phi) is 11.8. The second kappa shape index (κ2) is 17.0. The Hall–Kier alpha value is -6.90. The third-order valence-corrected chi connectivity index (χ3v) is 14.2. The number of ether oxygens (including phenoxy) is 1. The van der Waals surface area contributed by atoms with E-state index in [1.54, 1.807) is 109 Å². The van der Waals surface area contributed by atoms with Gasteiger partial charge >= 0.3 is 11.9 Å². The van der Waals surface area contributed by atoms with Gasteiger partial charge in [0.05, 0.1) is 39.4 Å². The van der Waals surface area contributed by atoms with Crippen LogP contribution in [0.25, 0.3) is 0 Å². The first-order valence-corrected chi connectivity index (χ1v) is 22.0. The summed E-state index contributed by atoms with van der Waals surface area (Å²) in [6, 6.07) is 35.6. The van der Waals surface area contributed by atoms with Crippen molar-refractivity contribution in [3.8, 4) is 0 Å². The van der Waals surface area contributed by atoms with Crippen LogP contribution in [0.4, 0.5) is 11.4 Å². The molecule has 2 aliphatic heterocycles. The monoisotopic (exact) mass is 856 g/mol. The molecule has 0 aliphatic carbocycles. The highest BCUT2D eigenvalue weighted by molar-refractivity contribution is 7.93. The van der Waals surface area contributed by atoms with Crippen molar-refractivity contribution >= 4 is 54.9 Å². The summed E-state index contributed by atoms with van der Waals surface area (Å²) >= 11 is 0. The molecule has 2 aliphatic rings. The number of aryl methyl sites for hydroxylation is 2. The van der Waals surface area contributed by atoms with Crippen molar-refractivity contribution in [1.29, 1.82) is 0 Å². The molecule has 61 heavy (non-hydrogen) atoms. The lowest BCUT2D eigenvalue weighted by Gasteiger charge is -2.20. The van der Waals surface area contributed by atoms with Gasteiger partial charge in [-0.25, -0.2) is 26.4 Å². The molecule has 6 aromatic rings. The average Bonchev–Trinajstić information content (AvgIpc) is 3.91. The highest BCUT2D eigenvalue weighted by Gasteiger charge is 2.33. The molecule has 0 amide bonds. The molecule has 6 aromatic carbocycles. The fourth-order valence-electron chi connectivity index (χ4n) is 7.23. The van der Waals surface area contributed by atoms with Crippen LogP contribution in [-0.2, 0) is 37.6 Å². The van der Waals surface area contributed by atoms with Crippen molar-refractivity contribution < 1.29 is 45.9 Å². The molecule has 8 rings (SSSR count). The molecule has 0 unspecified atom stereocenters. The number of esters is 1. The molecule has 1 N–H and O–H groups in total. The number of carboxylic acids is 1. The van der Waals surface area contributed by atoms with Gasteiger partial charge < -0.3 is 9.84 Å². The molecule has 2 heterocycles. The van der Waals surface area contributed by atoms with Gasteiger partial charge in [-0.15, -0.1) is 0 Å². The smallest absolute Gasteiger partial charge is 0.337 e. The summed E-state index contributed by atoms with van der Waals surface area (Å²) in [5.74, 6) is -2.16. The predicted octanol–water partition coefficient (Wildman–Crippen LogP) is 7.44. The van der Waals surface area contributed by atoms with E-state index in [1.807, 2.05) is 13.8 Å². The third-order valence-electron chi connectivity index (χ3n) is 10.5. The zero-order valence-corrected chi connectivity index (χ0v) is 35.0. The first-order chi connectivity index (χ1) is 29.1. The summed E-state index contributed by atoms with van der Waals surface area (Å²) in [7, 11) is -6.08. The van der Waals surface area contributed by atoms with Gasteiger partial charge in [-0.1, -0.05) is 59.7 Å². The van der Waals surface area contributed by atoms with Gasteiger partial charge in [0, 0.05) is 35.3 Å². The molecule has 0 aromatic heterocycles. The van der Waals surface area contributed by atoms with Crippen LogP contribution < -0.4 is 8.61 Å². The van der Waals surface area contributed by atoms with Crippen LogP contribution in [0.1, 0.15) is 74.8 Å². The lowest BCUT2D eigenvalue weighted by Crippen LogP contribution is -2.29. The van der Waals surface area contributed by atoms with Crippen LogP contribution in [0.3, 0.4) is 0 Å². The third kappa shape index (κ3) is 8.58. The van der Waals surface area contributed by atoms with Gasteiger partial charge in [-0.3, -0.25) is 18.2 Å². The molecular weight excluding hydrogens is 817 g/mol. The Bertz CT molecular complexity index is 2950. The lowest BCUT2D eigenvalue weighted by molar-refractivity contribution is 0.0599. The van der Waals surface area contributed by atoms with Crippen LogP contribution in [-0.4, -0.2) is 65.6 Å². The Morgan fingerprint density at radius 1 is 0.508 bits per heavy atom. The van der Waals surface area contributed by atoms with Gasteiger partial charge in [0.25, 0.3) is 20.0 Å². The highest BCUT2D eigenvalue weighted by Crippen LogP contribution is 2.36. The normalized spacial score (nSPS) is 13.1. The van der Waals surface area contributed by atoms with E-state index in [0.717, 1.165) is 22.3 Å². The largest absolute Gasteiger partial charge is 0.478 e. The minimum Gasteiger partial charge on any atom is -0.478 e. The SMILES string of the molecule is COC(=O)c1cccc(C(=O)c2ccc3c(c2)CCN3S(=O)(=O)c2ccc(C)cc2)c1.Cc1ccc(S(=O)(=O)N2CCc3cc(C(=O)c4cccc(C(=O)O)c4)ccc32)cc1. The summed E-state index contributed by atoms with van der Waals surface area (Å²) in [5, 5.41) is 9.13. The van der Waals surface area contributed by atoms with Gasteiger partial charge in [0.2, 0.25) is 0 Å². The number of carbonyl (C=O) groups excluding carboxylic acids is 3. The Balaban J connectivity index is 0.000000184. The number of rotatable bonds is 10. The number of sulfonamides is 2. The van der Waals surface area contributed by atoms with Gasteiger partial charge in [0.15, 0.2) is 11.6 Å². The number of aromatic carboxylic acids is 1. The van der Waals surface area contributed by atoms with Crippen LogP contribution in [0.15, 0.2) is 143 Å². The Morgan fingerprint density at radius 2 is 0.885 bits per heavy atom. The van der Waals surface area contributed by atoms with Crippen LogP contribution in [0, 0.1) is 13.8 Å². The number of fused-ring (bicyclic) bond motifs is 2. The van der Waals surface area contributed by atoms with Crippen LogP contribution in [0.2, 0.25) is 0 Å². The van der Waals surface area contributed by atoms with Crippen molar-refractivity contribution in [2.45, 2.75) is 36.5 Å². The van der Waals surface area contributed by atoms with E-state index in [2.05, 4.69) is 0 Å². The summed E-state index contributed by atoms with van der Waals surface area (Å²) < 4.78 is 59.8. The van der Waals surface area contributed by atoms with Crippen molar-refractivity contribution in [3.63, 3.8) is 0 Å². The molecule has 0 atom stereocenters. The zero-order chi connectivity index (χ0) is 43.6. The standard InChI is InChI=1S/C24H21NO5S.C23H19NO5S/c1-16-6-9-21(10-7-16)31(28,29)25-13-12-17-14-19(8-11-22(17)25)23(26)18-4-3-5-20(15-18)24(27)30-2;1-15-5-8-20(9-6-15)30(28,29)24-12-11-16-13-18(7-10-21(16)24)22(25)17-3-2-4-19(14-17)23(26)27/h3-11,14-15H,12-13H2,1-2H3;2-10,13-14H,11-12H2,1H3,(H,26,27). The number of benzene rings is 6. The van der Waals surface area contributed by atoms with Gasteiger partial charge in [0.1, 0.15) is 0 Å². The molecule has 0 spiro atoms. The topological polar surface area (TPSA) is 172 Å². The minimum absolute atomic E-state index is 0.0392. The molecule has 12 nitrogen and oxygen atoms in total.